The lowest BCUT2D eigenvalue weighted by atomic mass is 10.2. The molecule has 25 heavy (non-hydrogen) atoms. The number of carbonyl (C=O) groups is 2. The number of piperazine rings is 1. The van der Waals surface area contributed by atoms with Crippen LogP contribution in [0.1, 0.15) is 12.8 Å². The molecule has 136 valence electrons. The fraction of sp³-hybridized carbons (Fsp3) is 0.529. The van der Waals surface area contributed by atoms with Crippen LogP contribution >= 0.6 is 23.2 Å². The molecule has 0 aromatic heterocycles. The van der Waals surface area contributed by atoms with E-state index in [4.69, 9.17) is 27.9 Å². The summed E-state index contributed by atoms with van der Waals surface area (Å²) in [5, 5.41) is 3.62. The van der Waals surface area contributed by atoms with Crippen LogP contribution in [0.15, 0.2) is 18.2 Å². The maximum Gasteiger partial charge on any atom is 0.279 e. The summed E-state index contributed by atoms with van der Waals surface area (Å²) in [6.07, 6.45) is 1.49. The molecule has 1 aromatic carbocycles. The first-order valence-electron chi connectivity index (χ1n) is 8.52. The first-order valence-corrected chi connectivity index (χ1v) is 9.28. The number of carbonyl (C=O) groups excluding carboxylic acids is 2. The summed E-state index contributed by atoms with van der Waals surface area (Å²) in [4.78, 5) is 27.6. The van der Waals surface area contributed by atoms with Gasteiger partial charge < -0.3 is 19.9 Å². The normalized spacial score (nSPS) is 21.4. The van der Waals surface area contributed by atoms with E-state index < -0.39 is 0 Å². The van der Waals surface area contributed by atoms with Gasteiger partial charge in [-0.2, -0.15) is 0 Å². The number of ether oxygens (including phenoxy) is 1. The maximum atomic E-state index is 12.3. The van der Waals surface area contributed by atoms with Crippen molar-refractivity contribution in [3.8, 4) is 0 Å². The van der Waals surface area contributed by atoms with Gasteiger partial charge in [0.1, 0.15) is 6.10 Å². The van der Waals surface area contributed by atoms with Gasteiger partial charge in [-0.1, -0.05) is 29.3 Å². The Bertz CT molecular complexity index is 622. The van der Waals surface area contributed by atoms with Crippen molar-refractivity contribution < 1.29 is 19.2 Å². The zero-order valence-electron chi connectivity index (χ0n) is 13.9. The highest BCUT2D eigenvalue weighted by Gasteiger charge is 2.32. The van der Waals surface area contributed by atoms with Crippen LogP contribution in [0.25, 0.3) is 0 Å². The number of amides is 2. The molecule has 2 saturated heterocycles. The van der Waals surface area contributed by atoms with E-state index in [2.05, 4.69) is 5.32 Å². The zero-order chi connectivity index (χ0) is 17.8. The van der Waals surface area contributed by atoms with E-state index in [1.807, 2.05) is 4.90 Å². The Morgan fingerprint density at radius 1 is 1.24 bits per heavy atom. The lowest BCUT2D eigenvalue weighted by Crippen LogP contribution is -3.15. The number of benzene rings is 1. The number of quaternary nitrogens is 1. The lowest BCUT2D eigenvalue weighted by molar-refractivity contribution is -0.895. The topological polar surface area (TPSA) is 63.1 Å². The van der Waals surface area contributed by atoms with E-state index in [0.29, 0.717) is 42.0 Å². The molecule has 2 N–H and O–H groups in total. The molecule has 0 aliphatic carbocycles. The van der Waals surface area contributed by atoms with Crippen molar-refractivity contribution in [2.45, 2.75) is 18.9 Å². The van der Waals surface area contributed by atoms with Gasteiger partial charge in [0.05, 0.1) is 41.9 Å². The highest BCUT2D eigenvalue weighted by Crippen LogP contribution is 2.29. The smallest absolute Gasteiger partial charge is 0.279 e. The van der Waals surface area contributed by atoms with Crippen LogP contribution in [0.4, 0.5) is 5.69 Å². The predicted molar refractivity (Wildman–Crippen MR) is 96.2 cm³/mol. The molecule has 2 aliphatic rings. The van der Waals surface area contributed by atoms with E-state index in [-0.39, 0.29) is 17.9 Å². The van der Waals surface area contributed by atoms with Crippen molar-refractivity contribution in [1.29, 1.82) is 0 Å². The maximum absolute atomic E-state index is 12.3. The number of nitrogens with one attached hydrogen (secondary N) is 2. The van der Waals surface area contributed by atoms with Gasteiger partial charge in [0, 0.05) is 6.61 Å². The van der Waals surface area contributed by atoms with Crippen molar-refractivity contribution in [3.63, 3.8) is 0 Å². The van der Waals surface area contributed by atoms with Crippen LogP contribution in [0.3, 0.4) is 0 Å². The average molecular weight is 387 g/mol. The standard InChI is InChI=1S/C17H21Cl2N3O3/c18-12-3-1-4-13(19)16(12)20-15(23)11-21-6-8-22(9-7-21)17(24)14-5-2-10-25-14/h1,3-4,14H,2,5-11H2,(H,20,23)/p+1/t14-/m1/s1. The summed E-state index contributed by atoms with van der Waals surface area (Å²) >= 11 is 12.1. The molecule has 2 fully saturated rings. The van der Waals surface area contributed by atoms with Crippen molar-refractivity contribution in [3.05, 3.63) is 28.2 Å². The summed E-state index contributed by atoms with van der Waals surface area (Å²) in [6, 6.07) is 5.10. The van der Waals surface area contributed by atoms with Crippen LogP contribution in [0.5, 0.6) is 0 Å². The van der Waals surface area contributed by atoms with E-state index >= 15 is 0 Å². The van der Waals surface area contributed by atoms with Gasteiger partial charge in [-0.25, -0.2) is 0 Å². The van der Waals surface area contributed by atoms with Crippen LogP contribution in [-0.4, -0.2) is 62.1 Å². The highest BCUT2D eigenvalue weighted by molar-refractivity contribution is 6.39. The van der Waals surface area contributed by atoms with Crippen LogP contribution in [-0.2, 0) is 14.3 Å². The first kappa shape index (κ1) is 18.5. The molecular formula is C17H22Cl2N3O3+. The van der Waals surface area contributed by atoms with Crippen molar-refractivity contribution in [2.24, 2.45) is 0 Å². The third-order valence-electron chi connectivity index (χ3n) is 4.63. The number of rotatable bonds is 4. The molecule has 1 atom stereocenters. The SMILES string of the molecule is O=C(C[NH+]1CCN(C(=O)[C@H]2CCCO2)CC1)Nc1c(Cl)cccc1Cl. The number of hydrogen-bond acceptors (Lipinski definition) is 3. The molecule has 0 unspecified atom stereocenters. The zero-order valence-corrected chi connectivity index (χ0v) is 15.4. The minimum absolute atomic E-state index is 0.0869. The molecule has 1 aromatic rings. The minimum atomic E-state index is -0.271. The minimum Gasteiger partial charge on any atom is -0.368 e. The van der Waals surface area contributed by atoms with Gasteiger partial charge in [0.15, 0.2) is 6.54 Å². The number of hydrogen-bond donors (Lipinski definition) is 2. The molecule has 6 nitrogen and oxygen atoms in total. The van der Waals surface area contributed by atoms with Crippen molar-refractivity contribution in [1.82, 2.24) is 4.90 Å². The summed E-state index contributed by atoms with van der Waals surface area (Å²) in [7, 11) is 0. The second-order valence-electron chi connectivity index (χ2n) is 6.40. The van der Waals surface area contributed by atoms with E-state index in [9.17, 15) is 9.59 Å². The number of halogens is 2. The van der Waals surface area contributed by atoms with Crippen LogP contribution < -0.4 is 10.2 Å². The highest BCUT2D eigenvalue weighted by atomic mass is 35.5. The molecule has 3 rings (SSSR count). The first-order chi connectivity index (χ1) is 12.0. The molecule has 8 heteroatoms. The number of para-hydroxylation sites is 1. The van der Waals surface area contributed by atoms with Crippen LogP contribution in [0, 0.1) is 0 Å². The van der Waals surface area contributed by atoms with Gasteiger partial charge in [-0.15, -0.1) is 0 Å². The number of nitrogens with zero attached hydrogens (tertiary/aromatic N) is 1. The van der Waals surface area contributed by atoms with E-state index in [1.165, 1.54) is 0 Å². The molecule has 0 saturated carbocycles. The summed E-state index contributed by atoms with van der Waals surface area (Å²) in [6.45, 7) is 3.77. The average Bonchev–Trinajstić information content (AvgIpc) is 3.13. The Kier molecular flexibility index (Phi) is 6.17. The van der Waals surface area contributed by atoms with Gasteiger partial charge in [-0.05, 0) is 25.0 Å². The fourth-order valence-corrected chi connectivity index (χ4v) is 3.72. The fourth-order valence-electron chi connectivity index (χ4n) is 3.22. The lowest BCUT2D eigenvalue weighted by Gasteiger charge is -2.33. The Hall–Kier alpha value is -1.34. The Morgan fingerprint density at radius 2 is 1.92 bits per heavy atom. The molecule has 0 radical (unpaired) electrons. The Labute approximate surface area is 157 Å². The molecule has 2 amide bonds. The second kappa shape index (κ2) is 8.36. The molecule has 2 aliphatic heterocycles. The summed E-state index contributed by atoms with van der Waals surface area (Å²) in [5.41, 5.74) is 0.447. The number of anilines is 1. The van der Waals surface area contributed by atoms with Gasteiger partial charge >= 0.3 is 0 Å². The molecule has 0 spiro atoms. The van der Waals surface area contributed by atoms with Crippen molar-refractivity contribution >= 4 is 40.7 Å². The second-order valence-corrected chi connectivity index (χ2v) is 7.21. The molecule has 0 bridgehead atoms. The molecule has 2 heterocycles. The monoisotopic (exact) mass is 386 g/mol. The Morgan fingerprint density at radius 3 is 2.52 bits per heavy atom. The van der Waals surface area contributed by atoms with Gasteiger partial charge in [0.2, 0.25) is 0 Å². The van der Waals surface area contributed by atoms with E-state index in [0.717, 1.165) is 30.8 Å². The summed E-state index contributed by atoms with van der Waals surface area (Å²) < 4.78 is 5.46. The van der Waals surface area contributed by atoms with Crippen LogP contribution in [0.2, 0.25) is 10.0 Å². The molecular weight excluding hydrogens is 365 g/mol. The van der Waals surface area contributed by atoms with Gasteiger partial charge in [0.25, 0.3) is 11.8 Å². The van der Waals surface area contributed by atoms with Gasteiger partial charge in [-0.3, -0.25) is 9.59 Å². The third-order valence-corrected chi connectivity index (χ3v) is 5.26. The Balaban J connectivity index is 1.47. The predicted octanol–water partition coefficient (Wildman–Crippen LogP) is 0.838. The third kappa shape index (κ3) is 4.64. The quantitative estimate of drug-likeness (QED) is 0.805. The van der Waals surface area contributed by atoms with Crippen molar-refractivity contribution in [2.75, 3.05) is 44.6 Å². The van der Waals surface area contributed by atoms with E-state index in [1.54, 1.807) is 18.2 Å². The largest absolute Gasteiger partial charge is 0.368 e. The summed E-state index contributed by atoms with van der Waals surface area (Å²) in [5.74, 6) is -0.0484.